The number of likely N-dealkylation sites (tertiary alicyclic amines) is 1. The maximum absolute atomic E-state index is 11.6. The second-order valence-electron chi connectivity index (χ2n) is 7.99. The summed E-state index contributed by atoms with van der Waals surface area (Å²) in [6.45, 7) is 10.9. The van der Waals surface area contributed by atoms with Crippen LogP contribution in [0.1, 0.15) is 55.4 Å². The minimum absolute atomic E-state index is 0.209. The van der Waals surface area contributed by atoms with Gasteiger partial charge in [0.25, 0.3) is 0 Å². The van der Waals surface area contributed by atoms with Gasteiger partial charge in [-0.15, -0.1) is 0 Å². The first-order valence-corrected chi connectivity index (χ1v) is 10.1. The highest BCUT2D eigenvalue weighted by molar-refractivity contribution is 5.73. The number of aromatic nitrogens is 2. The third-order valence-corrected chi connectivity index (χ3v) is 6.38. The number of carbonyl (C=O) groups is 1. The molecule has 2 aliphatic rings. The molecule has 2 aliphatic heterocycles. The van der Waals surface area contributed by atoms with E-state index in [-0.39, 0.29) is 5.91 Å². The Balaban J connectivity index is 1.50. The Bertz CT molecular complexity index is 805. The summed E-state index contributed by atoms with van der Waals surface area (Å²) in [6, 6.07) is 11.2. The van der Waals surface area contributed by atoms with Crippen molar-refractivity contribution < 1.29 is 4.79 Å². The number of nitrogens with zero attached hydrogens (tertiary/aromatic N) is 4. The van der Waals surface area contributed by atoms with E-state index in [0.29, 0.717) is 12.0 Å². The van der Waals surface area contributed by atoms with E-state index in [4.69, 9.17) is 4.98 Å². The van der Waals surface area contributed by atoms with E-state index in [1.165, 1.54) is 22.8 Å². The van der Waals surface area contributed by atoms with Crippen LogP contribution in [0.4, 0.5) is 0 Å². The van der Waals surface area contributed by atoms with Crippen LogP contribution in [0, 0.1) is 6.92 Å². The Kier molecular flexibility index (Phi) is 5.04. The van der Waals surface area contributed by atoms with Crippen LogP contribution >= 0.6 is 0 Å². The normalized spacial score (nSPS) is 19.7. The number of fused-ring (bicyclic) bond motifs is 1. The third-order valence-electron chi connectivity index (χ3n) is 6.38. The van der Waals surface area contributed by atoms with Gasteiger partial charge in [0.05, 0.1) is 11.4 Å². The number of hydrogen-bond acceptors (Lipinski definition) is 3. The largest absolute Gasteiger partial charge is 0.343 e. The molecule has 0 aliphatic carbocycles. The quantitative estimate of drug-likeness (QED) is 0.838. The van der Waals surface area contributed by atoms with Gasteiger partial charge in [-0.05, 0) is 25.3 Å². The van der Waals surface area contributed by atoms with E-state index in [2.05, 4.69) is 53.6 Å². The number of hydrogen-bond donors (Lipinski definition) is 0. The molecular formula is C22H30N4O. The highest BCUT2D eigenvalue weighted by Gasteiger charge is 2.31. The average Bonchev–Trinajstić information content (AvgIpc) is 3.04. The number of carbonyl (C=O) groups excluding carboxylic acids is 1. The van der Waals surface area contributed by atoms with E-state index in [9.17, 15) is 4.79 Å². The van der Waals surface area contributed by atoms with Crippen molar-refractivity contribution in [1.29, 1.82) is 0 Å². The van der Waals surface area contributed by atoms with Crippen molar-refractivity contribution in [3.8, 4) is 0 Å². The van der Waals surface area contributed by atoms with Gasteiger partial charge in [-0.25, -0.2) is 4.98 Å². The highest BCUT2D eigenvalue weighted by atomic mass is 16.2. The molecule has 2 aromatic rings. The Morgan fingerprint density at radius 3 is 2.48 bits per heavy atom. The highest BCUT2D eigenvalue weighted by Crippen LogP contribution is 2.30. The van der Waals surface area contributed by atoms with Gasteiger partial charge in [0.15, 0.2) is 0 Å². The maximum Gasteiger partial charge on any atom is 0.219 e. The lowest BCUT2D eigenvalue weighted by Crippen LogP contribution is -2.48. The summed E-state index contributed by atoms with van der Waals surface area (Å²) in [5, 5.41) is 0. The second-order valence-corrected chi connectivity index (χ2v) is 7.99. The van der Waals surface area contributed by atoms with Crippen LogP contribution < -0.4 is 0 Å². The molecule has 3 heterocycles. The molecule has 1 saturated heterocycles. The van der Waals surface area contributed by atoms with E-state index in [0.717, 1.165) is 45.6 Å². The van der Waals surface area contributed by atoms with Gasteiger partial charge >= 0.3 is 0 Å². The summed E-state index contributed by atoms with van der Waals surface area (Å²) in [7, 11) is 0. The standard InChI is InChI=1S/C22H30N4O/c1-16(19-7-5-4-6-8-19)22-23-17(2)21-15-25(13-14-26(21)22)20-9-11-24(12-10-20)18(3)27/h4-8,16,20H,9-15H2,1-3H3. The topological polar surface area (TPSA) is 41.4 Å². The molecule has 4 rings (SSSR count). The van der Waals surface area contributed by atoms with Gasteiger partial charge in [0.2, 0.25) is 5.91 Å². The van der Waals surface area contributed by atoms with Crippen LogP contribution in [0.15, 0.2) is 30.3 Å². The van der Waals surface area contributed by atoms with Crippen molar-refractivity contribution in [1.82, 2.24) is 19.4 Å². The third kappa shape index (κ3) is 3.53. The van der Waals surface area contributed by atoms with Gasteiger partial charge in [0.1, 0.15) is 5.82 Å². The Hall–Kier alpha value is -2.14. The fourth-order valence-electron chi connectivity index (χ4n) is 4.66. The predicted octanol–water partition coefficient (Wildman–Crippen LogP) is 3.17. The van der Waals surface area contributed by atoms with Crippen molar-refractivity contribution in [2.24, 2.45) is 0 Å². The zero-order chi connectivity index (χ0) is 19.0. The van der Waals surface area contributed by atoms with Crippen molar-refractivity contribution in [3.05, 3.63) is 53.1 Å². The molecule has 0 N–H and O–H groups in total. The van der Waals surface area contributed by atoms with Gasteiger partial charge in [0, 0.05) is 51.6 Å². The number of benzene rings is 1. The molecule has 5 heteroatoms. The Labute approximate surface area is 162 Å². The molecule has 1 fully saturated rings. The monoisotopic (exact) mass is 366 g/mol. The van der Waals surface area contributed by atoms with Gasteiger partial charge in [-0.2, -0.15) is 0 Å². The molecule has 1 aromatic carbocycles. The van der Waals surface area contributed by atoms with Crippen molar-refractivity contribution in [3.63, 3.8) is 0 Å². The first kappa shape index (κ1) is 18.2. The number of aryl methyl sites for hydroxylation is 1. The fourth-order valence-corrected chi connectivity index (χ4v) is 4.66. The molecule has 1 amide bonds. The van der Waals surface area contributed by atoms with E-state index in [1.54, 1.807) is 6.92 Å². The van der Waals surface area contributed by atoms with Gasteiger partial charge in [-0.3, -0.25) is 9.69 Å². The van der Waals surface area contributed by atoms with Gasteiger partial charge in [-0.1, -0.05) is 37.3 Å². The van der Waals surface area contributed by atoms with Crippen LogP contribution in [0.2, 0.25) is 0 Å². The number of imidazole rings is 1. The lowest BCUT2D eigenvalue weighted by atomic mass is 10.00. The first-order valence-electron chi connectivity index (χ1n) is 10.1. The second kappa shape index (κ2) is 7.47. The minimum atomic E-state index is 0.209. The number of amides is 1. The lowest BCUT2D eigenvalue weighted by Gasteiger charge is -2.40. The maximum atomic E-state index is 11.6. The predicted molar refractivity (Wildman–Crippen MR) is 107 cm³/mol. The average molecular weight is 367 g/mol. The SMILES string of the molecule is CC(=O)N1CCC(N2CCn3c(C(C)c4ccccc4)nc(C)c3C2)CC1. The van der Waals surface area contributed by atoms with Crippen LogP contribution in [-0.2, 0) is 17.9 Å². The van der Waals surface area contributed by atoms with Gasteiger partial charge < -0.3 is 9.47 Å². The van der Waals surface area contributed by atoms with Crippen molar-refractivity contribution in [2.75, 3.05) is 19.6 Å². The van der Waals surface area contributed by atoms with E-state index < -0.39 is 0 Å². The molecule has 1 atom stereocenters. The smallest absolute Gasteiger partial charge is 0.219 e. The van der Waals surface area contributed by atoms with E-state index in [1.807, 2.05) is 4.90 Å². The first-order chi connectivity index (χ1) is 13.0. The summed E-state index contributed by atoms with van der Waals surface area (Å²) in [5.41, 5.74) is 3.86. The summed E-state index contributed by atoms with van der Waals surface area (Å²) in [4.78, 5) is 21.1. The lowest BCUT2D eigenvalue weighted by molar-refractivity contribution is -0.130. The van der Waals surface area contributed by atoms with Crippen LogP contribution in [0.3, 0.4) is 0 Å². The molecule has 0 radical (unpaired) electrons. The molecule has 1 unspecified atom stereocenters. The van der Waals surface area contributed by atoms with Crippen molar-refractivity contribution >= 4 is 5.91 Å². The Morgan fingerprint density at radius 1 is 1.11 bits per heavy atom. The molecule has 0 saturated carbocycles. The number of piperidine rings is 1. The molecule has 5 nitrogen and oxygen atoms in total. The molecule has 1 aromatic heterocycles. The molecule has 144 valence electrons. The summed E-state index contributed by atoms with van der Waals surface area (Å²) < 4.78 is 2.45. The zero-order valence-corrected chi connectivity index (χ0v) is 16.7. The minimum Gasteiger partial charge on any atom is -0.343 e. The molecule has 27 heavy (non-hydrogen) atoms. The van der Waals surface area contributed by atoms with E-state index >= 15 is 0 Å². The summed E-state index contributed by atoms with van der Waals surface area (Å²) >= 11 is 0. The summed E-state index contributed by atoms with van der Waals surface area (Å²) in [5.74, 6) is 1.71. The fraction of sp³-hybridized carbons (Fsp3) is 0.545. The van der Waals surface area contributed by atoms with Crippen LogP contribution in [0.5, 0.6) is 0 Å². The molecule has 0 bridgehead atoms. The van der Waals surface area contributed by atoms with Crippen LogP contribution in [-0.4, -0.2) is 50.9 Å². The van der Waals surface area contributed by atoms with Crippen LogP contribution in [0.25, 0.3) is 0 Å². The molecule has 0 spiro atoms. The van der Waals surface area contributed by atoms with Crippen molar-refractivity contribution in [2.45, 2.75) is 58.7 Å². The number of rotatable bonds is 3. The molecular weight excluding hydrogens is 336 g/mol. The summed E-state index contributed by atoms with van der Waals surface area (Å²) in [6.07, 6.45) is 2.17. The Morgan fingerprint density at radius 2 is 1.81 bits per heavy atom. The zero-order valence-electron chi connectivity index (χ0n) is 16.7.